The van der Waals surface area contributed by atoms with Gasteiger partial charge in [0.1, 0.15) is 5.52 Å². The van der Waals surface area contributed by atoms with Gasteiger partial charge in [0.05, 0.1) is 32.5 Å². The lowest BCUT2D eigenvalue weighted by Crippen LogP contribution is -2.51. The Balaban J connectivity index is 1.64. The highest BCUT2D eigenvalue weighted by atomic mass is 35.5. The number of methoxy groups -OCH3 is 1. The molecule has 4 rings (SSSR count). The molecule has 3 aromatic rings. The summed E-state index contributed by atoms with van der Waals surface area (Å²) in [7, 11) is 1.49. The molecule has 1 aromatic heterocycles. The Labute approximate surface area is 202 Å². The number of oxazole rings is 1. The van der Waals surface area contributed by atoms with Crippen LogP contribution >= 0.6 is 11.6 Å². The number of hydrogen-bond acceptors (Lipinski definition) is 6. The first-order valence-corrected chi connectivity index (χ1v) is 11.6. The molecule has 9 heteroatoms. The second-order valence-corrected chi connectivity index (χ2v) is 8.95. The second kappa shape index (κ2) is 10.7. The second-order valence-electron chi connectivity index (χ2n) is 8.51. The largest absolute Gasteiger partial charge is 0.493 e. The number of hydrogen-bond donors (Lipinski definition) is 1. The van der Waals surface area contributed by atoms with Crippen LogP contribution in [0.1, 0.15) is 41.1 Å². The summed E-state index contributed by atoms with van der Waals surface area (Å²) in [5, 5.41) is 9.94. The molecule has 0 spiro atoms. The number of aliphatic hydroxyl groups excluding tert-OH is 1. The number of carbonyl (C=O) groups excluding carboxylic acids is 1. The smallest absolute Gasteiger partial charge is 0.254 e. The maximum Gasteiger partial charge on any atom is 0.254 e. The van der Waals surface area contributed by atoms with Crippen molar-refractivity contribution >= 4 is 28.6 Å². The average Bonchev–Trinajstić information content (AvgIpc) is 3.25. The van der Waals surface area contributed by atoms with Crippen LogP contribution in [0.15, 0.2) is 40.8 Å². The summed E-state index contributed by atoms with van der Waals surface area (Å²) < 4.78 is 30.9. The molecule has 1 N–H and O–H groups in total. The number of amides is 1. The van der Waals surface area contributed by atoms with Gasteiger partial charge in [-0.3, -0.25) is 9.18 Å². The Morgan fingerprint density at radius 1 is 1.38 bits per heavy atom. The van der Waals surface area contributed by atoms with E-state index in [1.165, 1.54) is 7.11 Å². The molecule has 0 saturated carbocycles. The van der Waals surface area contributed by atoms with E-state index in [0.29, 0.717) is 52.9 Å². The van der Waals surface area contributed by atoms with Crippen molar-refractivity contribution in [3.63, 3.8) is 0 Å². The normalized spacial score (nSPS) is 19.4. The third-order valence-electron chi connectivity index (χ3n) is 6.09. The van der Waals surface area contributed by atoms with Crippen molar-refractivity contribution in [2.75, 3.05) is 33.5 Å². The number of nitrogens with zero attached hydrogens (tertiary/aromatic N) is 2. The lowest BCUT2D eigenvalue weighted by molar-refractivity contribution is -0.0486. The van der Waals surface area contributed by atoms with Crippen molar-refractivity contribution in [1.29, 1.82) is 0 Å². The summed E-state index contributed by atoms with van der Waals surface area (Å²) in [5.74, 6) is 0.0599. The van der Waals surface area contributed by atoms with Crippen LogP contribution < -0.4 is 4.74 Å². The molecule has 2 unspecified atom stereocenters. The van der Waals surface area contributed by atoms with E-state index in [-0.39, 0.29) is 31.1 Å². The lowest BCUT2D eigenvalue weighted by atomic mass is 9.97. The third kappa shape index (κ3) is 5.19. The maximum atomic E-state index is 13.9. The van der Waals surface area contributed by atoms with E-state index in [1.807, 2.05) is 13.0 Å². The van der Waals surface area contributed by atoms with Crippen molar-refractivity contribution in [1.82, 2.24) is 9.88 Å². The number of aromatic nitrogens is 1. The molecule has 2 aromatic carbocycles. The van der Waals surface area contributed by atoms with Gasteiger partial charge in [-0.05, 0) is 43.2 Å². The summed E-state index contributed by atoms with van der Waals surface area (Å²) >= 11 is 6.07. The molecule has 1 amide bonds. The van der Waals surface area contributed by atoms with Crippen molar-refractivity contribution in [3.05, 3.63) is 58.4 Å². The zero-order chi connectivity index (χ0) is 24.2. The Morgan fingerprint density at radius 2 is 2.21 bits per heavy atom. The Kier molecular flexibility index (Phi) is 7.70. The fraction of sp³-hybridized carbons (Fsp3) is 0.440. The number of carbonyl (C=O) groups is 1. The zero-order valence-corrected chi connectivity index (χ0v) is 19.9. The van der Waals surface area contributed by atoms with Gasteiger partial charge >= 0.3 is 0 Å². The average molecular weight is 491 g/mol. The van der Waals surface area contributed by atoms with E-state index in [0.717, 1.165) is 5.56 Å². The van der Waals surface area contributed by atoms with Gasteiger partial charge in [0.25, 0.3) is 5.91 Å². The Hall–Kier alpha value is -2.68. The minimum atomic E-state index is -0.596. The van der Waals surface area contributed by atoms with Gasteiger partial charge in [-0.1, -0.05) is 23.7 Å². The van der Waals surface area contributed by atoms with Crippen LogP contribution in [0.2, 0.25) is 5.02 Å². The van der Waals surface area contributed by atoms with Crippen LogP contribution in [0.5, 0.6) is 5.75 Å². The van der Waals surface area contributed by atoms with Gasteiger partial charge in [0, 0.05) is 36.1 Å². The third-order valence-corrected chi connectivity index (χ3v) is 6.32. The maximum absolute atomic E-state index is 13.9. The SMILES string of the molecule is COc1cc(C(=O)N2CC(C)OC[C@H]2CCO)cc2nc(CC(CF)c3cccc(Cl)c3)oc12. The fourth-order valence-corrected chi connectivity index (χ4v) is 4.49. The van der Waals surface area contributed by atoms with Crippen molar-refractivity contribution < 1.29 is 28.2 Å². The Bertz CT molecular complexity index is 1150. The standard InChI is InChI=1S/C25H28ClFN2O5/c1-15-13-29(20(6-7-30)14-33-15)25(31)17-9-21-24(22(10-17)32-2)34-23(28-21)11-18(12-27)16-4-3-5-19(26)8-16/h3-5,8-10,15,18,20,30H,6-7,11-14H2,1-2H3/t15?,18?,20-/m1/s1. The highest BCUT2D eigenvalue weighted by Crippen LogP contribution is 2.32. The van der Waals surface area contributed by atoms with E-state index in [1.54, 1.807) is 35.2 Å². The minimum absolute atomic E-state index is 0.0381. The highest BCUT2D eigenvalue weighted by molar-refractivity contribution is 6.30. The van der Waals surface area contributed by atoms with Gasteiger partial charge in [0.2, 0.25) is 0 Å². The first-order valence-electron chi connectivity index (χ1n) is 11.3. The summed E-state index contributed by atoms with van der Waals surface area (Å²) in [4.78, 5) is 19.7. The molecule has 0 bridgehead atoms. The highest BCUT2D eigenvalue weighted by Gasteiger charge is 2.31. The molecule has 1 aliphatic rings. The zero-order valence-electron chi connectivity index (χ0n) is 19.2. The van der Waals surface area contributed by atoms with Crippen molar-refractivity contribution in [2.24, 2.45) is 0 Å². The van der Waals surface area contributed by atoms with Gasteiger partial charge in [-0.2, -0.15) is 0 Å². The fourth-order valence-electron chi connectivity index (χ4n) is 4.29. The minimum Gasteiger partial charge on any atom is -0.493 e. The summed E-state index contributed by atoms with van der Waals surface area (Å²) in [6.07, 6.45) is 0.560. The van der Waals surface area contributed by atoms with Gasteiger partial charge < -0.3 is 23.9 Å². The number of alkyl halides is 1. The van der Waals surface area contributed by atoms with Gasteiger partial charge in [-0.15, -0.1) is 0 Å². The molecule has 34 heavy (non-hydrogen) atoms. The van der Waals surface area contributed by atoms with Crippen molar-refractivity contribution in [3.8, 4) is 5.75 Å². The monoisotopic (exact) mass is 490 g/mol. The first-order chi connectivity index (χ1) is 16.4. The van der Waals surface area contributed by atoms with E-state index < -0.39 is 12.6 Å². The van der Waals surface area contributed by atoms with E-state index in [2.05, 4.69) is 4.98 Å². The number of rotatable bonds is 8. The molecule has 1 fully saturated rings. The molecule has 3 atom stereocenters. The number of halogens is 2. The summed E-state index contributed by atoms with van der Waals surface area (Å²) in [6, 6.07) is 10.1. The molecule has 182 valence electrons. The van der Waals surface area contributed by atoms with Crippen LogP contribution in [0.4, 0.5) is 4.39 Å². The first kappa shape index (κ1) is 24.4. The predicted molar refractivity (Wildman–Crippen MR) is 126 cm³/mol. The predicted octanol–water partition coefficient (Wildman–Crippen LogP) is 4.40. The molecular weight excluding hydrogens is 463 g/mol. The van der Waals surface area contributed by atoms with Crippen LogP contribution in [-0.4, -0.2) is 66.6 Å². The molecule has 0 aliphatic carbocycles. The summed E-state index contributed by atoms with van der Waals surface area (Å²) in [5.41, 5.74) is 2.02. The molecule has 1 saturated heterocycles. The topological polar surface area (TPSA) is 85.0 Å². The molecule has 2 heterocycles. The molecule has 0 radical (unpaired) electrons. The number of aliphatic hydroxyl groups is 1. The lowest BCUT2D eigenvalue weighted by Gasteiger charge is -2.38. The van der Waals surface area contributed by atoms with Gasteiger partial charge in [0.15, 0.2) is 17.2 Å². The number of benzene rings is 2. The number of morpholine rings is 1. The van der Waals surface area contributed by atoms with Crippen LogP contribution in [0.25, 0.3) is 11.1 Å². The van der Waals surface area contributed by atoms with Gasteiger partial charge in [-0.25, -0.2) is 4.98 Å². The van der Waals surface area contributed by atoms with Crippen LogP contribution in [0, 0.1) is 0 Å². The van der Waals surface area contributed by atoms with Crippen LogP contribution in [0.3, 0.4) is 0 Å². The molecule has 7 nitrogen and oxygen atoms in total. The molecule has 1 aliphatic heterocycles. The molecular formula is C25H28ClFN2O5. The van der Waals surface area contributed by atoms with Crippen LogP contribution in [-0.2, 0) is 11.2 Å². The number of fused-ring (bicyclic) bond motifs is 1. The van der Waals surface area contributed by atoms with E-state index >= 15 is 0 Å². The number of ether oxygens (including phenoxy) is 2. The Morgan fingerprint density at radius 3 is 2.91 bits per heavy atom. The summed E-state index contributed by atoms with van der Waals surface area (Å²) in [6.45, 7) is 2.07. The quantitative estimate of drug-likeness (QED) is 0.504. The van der Waals surface area contributed by atoms with E-state index in [4.69, 9.17) is 25.5 Å². The van der Waals surface area contributed by atoms with Crippen molar-refractivity contribution in [2.45, 2.75) is 37.8 Å². The van der Waals surface area contributed by atoms with E-state index in [9.17, 15) is 14.3 Å².